The average molecular weight is 486 g/mol. The van der Waals surface area contributed by atoms with Gasteiger partial charge in [-0.1, -0.05) is 36.4 Å². The van der Waals surface area contributed by atoms with Crippen LogP contribution in [-0.4, -0.2) is 47.3 Å². The monoisotopic (exact) mass is 485 g/mol. The van der Waals surface area contributed by atoms with Gasteiger partial charge in [-0.05, 0) is 69.9 Å². The van der Waals surface area contributed by atoms with Crippen LogP contribution in [-0.2, 0) is 14.3 Å². The van der Waals surface area contributed by atoms with Gasteiger partial charge in [0, 0.05) is 18.5 Å². The van der Waals surface area contributed by atoms with Crippen molar-refractivity contribution in [2.45, 2.75) is 59.2 Å². The minimum Gasteiger partial charge on any atom is -0.444 e. The predicted molar refractivity (Wildman–Crippen MR) is 138 cm³/mol. The number of likely N-dealkylation sites (N-methyl/N-ethyl adjacent to an activating group) is 1. The molecule has 0 saturated carbocycles. The van der Waals surface area contributed by atoms with E-state index in [4.69, 9.17) is 4.74 Å². The summed E-state index contributed by atoms with van der Waals surface area (Å²) < 4.78 is 5.29. The highest BCUT2D eigenvalue weighted by atomic mass is 32.1. The number of thiol groups is 1. The predicted octanol–water partition coefficient (Wildman–Crippen LogP) is 4.57. The molecular formula is C26H35N3O4S. The Bertz CT molecular complexity index is 1030. The third-order valence-electron chi connectivity index (χ3n) is 5.37. The molecule has 184 valence electrons. The number of amides is 3. The summed E-state index contributed by atoms with van der Waals surface area (Å²) in [5.41, 5.74) is 3.36. The zero-order chi connectivity index (χ0) is 25.6. The number of nitrogens with one attached hydrogen (secondary N) is 2. The van der Waals surface area contributed by atoms with Crippen molar-refractivity contribution in [3.63, 3.8) is 0 Å². The van der Waals surface area contributed by atoms with Gasteiger partial charge in [-0.15, -0.1) is 0 Å². The van der Waals surface area contributed by atoms with Crippen LogP contribution >= 0.6 is 12.6 Å². The number of rotatable bonds is 7. The van der Waals surface area contributed by atoms with Crippen LogP contribution in [0.5, 0.6) is 0 Å². The summed E-state index contributed by atoms with van der Waals surface area (Å²) in [6.07, 6.45) is -0.721. The molecule has 2 N–H and O–H groups in total. The van der Waals surface area contributed by atoms with Crippen LogP contribution in [0.1, 0.15) is 49.1 Å². The molecule has 0 saturated heterocycles. The maximum Gasteiger partial charge on any atom is 0.408 e. The molecule has 0 heterocycles. The number of alkyl carbamates (subject to hydrolysis) is 1. The lowest BCUT2D eigenvalue weighted by molar-refractivity contribution is -0.138. The van der Waals surface area contributed by atoms with Crippen LogP contribution < -0.4 is 10.6 Å². The van der Waals surface area contributed by atoms with E-state index in [1.54, 1.807) is 27.8 Å². The second-order valence-corrected chi connectivity index (χ2v) is 9.71. The number of carbonyl (C=O) groups is 3. The number of nitrogens with zero attached hydrogens (tertiary/aromatic N) is 1. The normalized spacial score (nSPS) is 12.9. The molecule has 0 fully saturated rings. The summed E-state index contributed by atoms with van der Waals surface area (Å²) in [6, 6.07) is 11.3. The van der Waals surface area contributed by atoms with Crippen LogP contribution in [0, 0.1) is 20.8 Å². The van der Waals surface area contributed by atoms with Crippen molar-refractivity contribution in [3.05, 3.63) is 64.7 Å². The van der Waals surface area contributed by atoms with E-state index in [-0.39, 0.29) is 11.7 Å². The Balaban J connectivity index is 2.41. The molecule has 2 aromatic carbocycles. The minimum absolute atomic E-state index is 0.0430. The summed E-state index contributed by atoms with van der Waals surface area (Å²) in [5, 5.41) is 5.54. The van der Waals surface area contributed by atoms with Gasteiger partial charge >= 0.3 is 6.09 Å². The molecule has 3 amide bonds. The number of hydrogen-bond donors (Lipinski definition) is 3. The van der Waals surface area contributed by atoms with Gasteiger partial charge in [0.15, 0.2) is 0 Å². The second-order valence-electron chi connectivity index (χ2n) is 9.34. The van der Waals surface area contributed by atoms with Gasteiger partial charge in [0.05, 0.1) is 0 Å². The van der Waals surface area contributed by atoms with Crippen molar-refractivity contribution in [1.82, 2.24) is 10.2 Å². The molecule has 2 unspecified atom stereocenters. The van der Waals surface area contributed by atoms with Crippen LogP contribution in [0.4, 0.5) is 10.5 Å². The van der Waals surface area contributed by atoms with E-state index in [0.717, 1.165) is 22.3 Å². The Morgan fingerprint density at radius 1 is 0.971 bits per heavy atom. The van der Waals surface area contributed by atoms with E-state index < -0.39 is 29.7 Å². The lowest BCUT2D eigenvalue weighted by Gasteiger charge is -2.32. The Morgan fingerprint density at radius 2 is 1.53 bits per heavy atom. The molecule has 2 atom stereocenters. The minimum atomic E-state index is -0.971. The molecule has 34 heavy (non-hydrogen) atoms. The van der Waals surface area contributed by atoms with Gasteiger partial charge in [-0.25, -0.2) is 4.79 Å². The molecule has 0 aromatic heterocycles. The van der Waals surface area contributed by atoms with E-state index in [0.29, 0.717) is 5.69 Å². The third-order valence-corrected chi connectivity index (χ3v) is 5.74. The average Bonchev–Trinajstić information content (AvgIpc) is 2.74. The zero-order valence-electron chi connectivity index (χ0n) is 20.9. The smallest absolute Gasteiger partial charge is 0.408 e. The fourth-order valence-electron chi connectivity index (χ4n) is 3.68. The fourth-order valence-corrected chi connectivity index (χ4v) is 3.93. The molecule has 2 aromatic rings. The zero-order valence-corrected chi connectivity index (χ0v) is 21.8. The van der Waals surface area contributed by atoms with Crippen LogP contribution in [0.2, 0.25) is 0 Å². The highest BCUT2D eigenvalue weighted by molar-refractivity contribution is 7.80. The molecule has 2 rings (SSSR count). The van der Waals surface area contributed by atoms with Crippen molar-refractivity contribution in [1.29, 1.82) is 0 Å². The summed E-state index contributed by atoms with van der Waals surface area (Å²) in [5.74, 6) is -0.757. The number of para-hydroxylation sites is 1. The SMILES string of the molecule is Cc1ccccc1NC(=O)C(c1c(C)cccc1C)N(C)C(=O)C(CS)NC(=O)OC(C)(C)C. The maximum absolute atomic E-state index is 13.6. The van der Waals surface area contributed by atoms with E-state index in [1.807, 2.05) is 63.2 Å². The van der Waals surface area contributed by atoms with Gasteiger partial charge in [-0.3, -0.25) is 9.59 Å². The van der Waals surface area contributed by atoms with Gasteiger partial charge < -0.3 is 20.3 Å². The van der Waals surface area contributed by atoms with Gasteiger partial charge in [0.1, 0.15) is 17.7 Å². The molecule has 0 aliphatic carbocycles. The Labute approximate surface area is 207 Å². The molecule has 8 heteroatoms. The molecule has 0 spiro atoms. The second kappa shape index (κ2) is 11.4. The Kier molecular flexibility index (Phi) is 9.15. The van der Waals surface area contributed by atoms with E-state index in [2.05, 4.69) is 23.3 Å². The van der Waals surface area contributed by atoms with Crippen molar-refractivity contribution < 1.29 is 19.1 Å². The van der Waals surface area contributed by atoms with Crippen molar-refractivity contribution in [2.24, 2.45) is 0 Å². The third kappa shape index (κ3) is 7.00. The summed E-state index contributed by atoms with van der Waals surface area (Å²) >= 11 is 4.26. The first-order chi connectivity index (χ1) is 15.9. The van der Waals surface area contributed by atoms with Crippen LogP contribution in [0.3, 0.4) is 0 Å². The first-order valence-corrected chi connectivity index (χ1v) is 11.8. The van der Waals surface area contributed by atoms with Crippen LogP contribution in [0.25, 0.3) is 0 Å². The first kappa shape index (κ1) is 27.2. The van der Waals surface area contributed by atoms with Crippen molar-refractivity contribution >= 4 is 36.2 Å². The van der Waals surface area contributed by atoms with Gasteiger partial charge in [0.25, 0.3) is 5.91 Å². The van der Waals surface area contributed by atoms with Crippen molar-refractivity contribution in [2.75, 3.05) is 18.1 Å². The first-order valence-electron chi connectivity index (χ1n) is 11.2. The molecule has 0 radical (unpaired) electrons. The maximum atomic E-state index is 13.6. The number of aryl methyl sites for hydroxylation is 3. The van der Waals surface area contributed by atoms with E-state index >= 15 is 0 Å². The summed E-state index contributed by atoms with van der Waals surface area (Å²) in [6.45, 7) is 10.9. The lowest BCUT2D eigenvalue weighted by Crippen LogP contribution is -2.52. The number of hydrogen-bond acceptors (Lipinski definition) is 5. The summed E-state index contributed by atoms with van der Waals surface area (Å²) in [4.78, 5) is 40.7. The Hall–Kier alpha value is -3.00. The van der Waals surface area contributed by atoms with Crippen molar-refractivity contribution in [3.8, 4) is 0 Å². The number of anilines is 1. The van der Waals surface area contributed by atoms with E-state index in [9.17, 15) is 14.4 Å². The fraction of sp³-hybridized carbons (Fsp3) is 0.423. The number of carbonyl (C=O) groups excluding carboxylic acids is 3. The highest BCUT2D eigenvalue weighted by Gasteiger charge is 2.35. The lowest BCUT2D eigenvalue weighted by atomic mass is 9.94. The van der Waals surface area contributed by atoms with Crippen LogP contribution in [0.15, 0.2) is 42.5 Å². The molecule has 0 bridgehead atoms. The highest BCUT2D eigenvalue weighted by Crippen LogP contribution is 2.29. The Morgan fingerprint density at radius 3 is 2.06 bits per heavy atom. The quantitative estimate of drug-likeness (QED) is 0.501. The summed E-state index contributed by atoms with van der Waals surface area (Å²) in [7, 11) is 1.56. The molecule has 0 aliphatic rings. The largest absolute Gasteiger partial charge is 0.444 e. The topological polar surface area (TPSA) is 87.7 Å². The van der Waals surface area contributed by atoms with Gasteiger partial charge in [-0.2, -0.15) is 12.6 Å². The standard InChI is InChI=1S/C26H35N3O4S/c1-16-11-8-9-14-19(16)27-23(30)22(21-17(2)12-10-13-18(21)3)29(7)24(31)20(15-34)28-25(32)33-26(4,5)6/h8-14,20,22,34H,15H2,1-7H3,(H,27,30)(H,28,32). The molecular weight excluding hydrogens is 450 g/mol. The van der Waals surface area contributed by atoms with E-state index in [1.165, 1.54) is 4.90 Å². The molecule has 7 nitrogen and oxygen atoms in total. The molecule has 0 aliphatic heterocycles. The van der Waals surface area contributed by atoms with Gasteiger partial charge in [0.2, 0.25) is 5.91 Å². The number of ether oxygens (including phenoxy) is 1. The number of benzene rings is 2.